The van der Waals surface area contributed by atoms with Gasteiger partial charge >= 0.3 is 12.4 Å². The molecule has 2 atom stereocenters. The summed E-state index contributed by atoms with van der Waals surface area (Å²) in [6.45, 7) is 2.08. The largest absolute Gasteiger partial charge is 0.419 e. The summed E-state index contributed by atoms with van der Waals surface area (Å²) in [4.78, 5) is 66.6. The molecule has 4 aromatic heterocycles. The number of Topliss-reactive ketones (excluding diaryl/α,β-unsaturated/α-hetero) is 1. The summed E-state index contributed by atoms with van der Waals surface area (Å²) in [5, 5.41) is 21.8. The van der Waals surface area contributed by atoms with Crippen LogP contribution in [0.25, 0.3) is 42.4 Å². The summed E-state index contributed by atoms with van der Waals surface area (Å²) >= 11 is 2.03. The maximum Gasteiger partial charge on any atom is 0.419 e. The molecule has 0 saturated carbocycles. The first kappa shape index (κ1) is 57.4. The number of carbonyl (C=O) groups excluding carboxylic acids is 3. The molecule has 0 spiro atoms. The van der Waals surface area contributed by atoms with Crippen LogP contribution in [0.5, 0.6) is 0 Å². The molecule has 0 bridgehead atoms. The number of rotatable bonds is 8. The maximum absolute atomic E-state index is 13.8. The van der Waals surface area contributed by atoms with Crippen LogP contribution in [0, 0.1) is 11.6 Å². The minimum Gasteiger partial charge on any atom is -0.411 e. The summed E-state index contributed by atoms with van der Waals surface area (Å²) in [5.41, 5.74) is -3.65. The Kier molecular flexibility index (Phi) is 18.6. The summed E-state index contributed by atoms with van der Waals surface area (Å²) in [6, 6.07) is 4.82. The first-order chi connectivity index (χ1) is 32.5. The van der Waals surface area contributed by atoms with Gasteiger partial charge in [-0.25, -0.2) is 23.5 Å². The van der Waals surface area contributed by atoms with Crippen LogP contribution in [0.15, 0.2) is 74.3 Å². The van der Waals surface area contributed by atoms with E-state index in [1.165, 1.54) is 46.8 Å². The number of nitrogens with two attached hydrogens (primary N) is 1. The number of amides is 2. The average molecular weight is 1070 g/mol. The number of nitrogens with zero attached hydrogens (tertiary/aromatic N) is 5. The average Bonchev–Trinajstić information content (AvgIpc) is 4.13. The number of fused-ring (bicyclic) bond motifs is 2. The topological polar surface area (TPSA) is 181 Å². The molecule has 6 aromatic rings. The Morgan fingerprint density at radius 2 is 1.08 bits per heavy atom. The van der Waals surface area contributed by atoms with Crippen molar-refractivity contribution in [1.29, 1.82) is 0 Å². The highest BCUT2D eigenvalue weighted by Gasteiger charge is 2.36. The Morgan fingerprint density at radius 3 is 1.42 bits per heavy atom. The molecule has 2 saturated heterocycles. The SMILES string of the molecule is C.C/C(=N/O)c1cn(CC(=O)N2CCC(F)C2)c(=O)c2c(-c3ccc(F)c(C(F)(F)F)c3)csc12.CC(=O)c1cn(CC(=O)N2CCC(F)C2)c(=O)c2c(-c3ccc(F)c(C(F)(F)F)c3)csc12.Cl.NO. The van der Waals surface area contributed by atoms with Gasteiger partial charge in [-0.2, -0.15) is 26.3 Å². The van der Waals surface area contributed by atoms with E-state index in [0.717, 1.165) is 43.9 Å². The number of hydrogen-bond donors (Lipinski definition) is 3. The molecule has 6 heterocycles. The zero-order valence-electron chi connectivity index (χ0n) is 36.3. The number of carbonyl (C=O) groups is 3. The maximum atomic E-state index is 13.8. The Labute approximate surface area is 410 Å². The van der Waals surface area contributed by atoms with Gasteiger partial charge < -0.3 is 29.3 Å². The van der Waals surface area contributed by atoms with Gasteiger partial charge in [-0.1, -0.05) is 24.7 Å². The minimum atomic E-state index is -4.94. The molecule has 4 N–H and O–H groups in total. The highest BCUT2D eigenvalue weighted by atomic mass is 35.5. The quantitative estimate of drug-likeness (QED) is 0.0443. The number of likely N-dealkylation sites (tertiary alicyclic amines) is 2. The highest BCUT2D eigenvalue weighted by molar-refractivity contribution is 7.18. The van der Waals surface area contributed by atoms with Crippen molar-refractivity contribution in [3.05, 3.63) is 114 Å². The summed E-state index contributed by atoms with van der Waals surface area (Å²) in [7, 11) is 0. The van der Waals surface area contributed by atoms with E-state index in [4.69, 9.17) is 5.21 Å². The van der Waals surface area contributed by atoms with E-state index in [1.54, 1.807) is 0 Å². The normalized spacial score (nSPS) is 15.9. The zero-order valence-corrected chi connectivity index (χ0v) is 38.8. The number of alkyl halides is 8. The van der Waals surface area contributed by atoms with Crippen LogP contribution in [0.2, 0.25) is 0 Å². The molecule has 0 radical (unpaired) electrons. The van der Waals surface area contributed by atoms with Crippen LogP contribution in [0.4, 0.5) is 43.9 Å². The highest BCUT2D eigenvalue weighted by Crippen LogP contribution is 2.40. The summed E-state index contributed by atoms with van der Waals surface area (Å²) in [6.07, 6.45) is -9.22. The number of thiophene rings is 2. The number of halogens is 11. The molecule has 8 rings (SSSR count). The van der Waals surface area contributed by atoms with Crippen molar-refractivity contribution in [1.82, 2.24) is 18.9 Å². The number of benzene rings is 2. The Morgan fingerprint density at radius 1 is 0.704 bits per heavy atom. The van der Waals surface area contributed by atoms with Crippen molar-refractivity contribution in [3.8, 4) is 22.3 Å². The predicted octanol–water partition coefficient (Wildman–Crippen LogP) is 9.71. The minimum absolute atomic E-state index is 0. The third-order valence-electron chi connectivity index (χ3n) is 11.3. The standard InChI is InChI=1S/C22H18F5N3O3S.C22H17F5N2O3S.CH4.ClH.H3NO/c1-11(28-33)14-8-30(9-18(31)29-5-4-13(23)7-29)21(32)19-15(10-34-20(14)19)12-2-3-17(24)16(6-12)22(25,26)27;1-11(30)14-8-29(9-18(31)28-5-4-13(23)7-28)21(32)19-15(10-33-20(14)19)12-2-3-17(24)16(6-12)22(25,26)27;;;1-2/h2-3,6,8,10,13,33H,4-5,7,9H2,1H3;2-3,6,8,10,13H,4-5,7,9H2,1H3;1H4;1H;2H,1H2/b28-11-;;;;. The number of hydrogen-bond acceptors (Lipinski definition) is 11. The van der Waals surface area contributed by atoms with Crippen LogP contribution in [-0.4, -0.2) is 91.2 Å². The molecule has 26 heteroatoms. The van der Waals surface area contributed by atoms with Crippen molar-refractivity contribution in [2.75, 3.05) is 26.2 Å². The second-order valence-electron chi connectivity index (χ2n) is 15.7. The molecule has 13 nitrogen and oxygen atoms in total. The van der Waals surface area contributed by atoms with Crippen molar-refractivity contribution in [3.63, 3.8) is 0 Å². The molecule has 2 aromatic carbocycles. The van der Waals surface area contributed by atoms with Gasteiger partial charge in [0.1, 0.15) is 37.1 Å². The molecule has 0 aliphatic carbocycles. The number of ketones is 1. The third-order valence-corrected chi connectivity index (χ3v) is 13.3. The molecular weight excluding hydrogens is 1030 g/mol. The zero-order chi connectivity index (χ0) is 50.9. The van der Waals surface area contributed by atoms with E-state index < -0.39 is 89.3 Å². The van der Waals surface area contributed by atoms with E-state index >= 15 is 0 Å². The van der Waals surface area contributed by atoms with E-state index in [1.807, 2.05) is 0 Å². The van der Waals surface area contributed by atoms with Gasteiger partial charge in [-0.05, 0) is 62.1 Å². The van der Waals surface area contributed by atoms with Crippen molar-refractivity contribution >= 4 is 78.6 Å². The molecule has 71 heavy (non-hydrogen) atoms. The Hall–Kier alpha value is -6.15. The van der Waals surface area contributed by atoms with Gasteiger partial charge in [0.05, 0.1) is 55.7 Å². The molecular formula is C45H43ClF10N6O7S2. The van der Waals surface area contributed by atoms with Gasteiger partial charge in [-0.3, -0.25) is 24.0 Å². The van der Waals surface area contributed by atoms with E-state index in [2.05, 4.69) is 11.1 Å². The number of oxime groups is 1. The smallest absolute Gasteiger partial charge is 0.411 e. The first-order valence-corrected chi connectivity index (χ1v) is 22.1. The van der Waals surface area contributed by atoms with Crippen LogP contribution in [-0.2, 0) is 35.0 Å². The lowest BCUT2D eigenvalue weighted by molar-refractivity contribution is -0.140. The van der Waals surface area contributed by atoms with Gasteiger partial charge in [0.25, 0.3) is 11.1 Å². The number of pyridine rings is 2. The lowest BCUT2D eigenvalue weighted by Crippen LogP contribution is -2.35. The van der Waals surface area contributed by atoms with Gasteiger partial charge in [-0.15, -0.1) is 35.1 Å². The summed E-state index contributed by atoms with van der Waals surface area (Å²) in [5.74, 6) is -0.808. The van der Waals surface area contributed by atoms with E-state index in [9.17, 15) is 73.1 Å². The van der Waals surface area contributed by atoms with Crippen LogP contribution in [0.3, 0.4) is 0 Å². The fourth-order valence-corrected chi connectivity index (χ4v) is 10.1. The van der Waals surface area contributed by atoms with Gasteiger partial charge in [0.15, 0.2) is 5.78 Å². The second kappa shape index (κ2) is 22.9. The Balaban J connectivity index is 0.000000290. The molecule has 2 aliphatic rings. The van der Waals surface area contributed by atoms with Crippen molar-refractivity contribution in [2.24, 2.45) is 11.1 Å². The van der Waals surface area contributed by atoms with E-state index in [0.29, 0.717) is 34.5 Å². The molecule has 2 amide bonds. The van der Waals surface area contributed by atoms with Crippen molar-refractivity contribution in [2.45, 2.75) is 71.9 Å². The molecule has 2 aliphatic heterocycles. The van der Waals surface area contributed by atoms with Gasteiger partial charge in [0, 0.05) is 52.9 Å². The monoisotopic (exact) mass is 1070 g/mol. The molecule has 2 unspecified atom stereocenters. The van der Waals surface area contributed by atoms with Gasteiger partial charge in [0.2, 0.25) is 11.8 Å². The second-order valence-corrected chi connectivity index (χ2v) is 17.5. The Bertz CT molecular complexity index is 3120. The first-order valence-electron chi connectivity index (χ1n) is 20.3. The fraction of sp³-hybridized carbons (Fsp3) is 0.333. The lowest BCUT2D eigenvalue weighted by Gasteiger charge is -2.17. The summed E-state index contributed by atoms with van der Waals surface area (Å²) < 4.78 is 137. The van der Waals surface area contributed by atoms with Crippen LogP contribution >= 0.6 is 35.1 Å². The lowest BCUT2D eigenvalue weighted by atomic mass is 10.0. The van der Waals surface area contributed by atoms with E-state index in [-0.39, 0.29) is 108 Å². The van der Waals surface area contributed by atoms with Crippen LogP contribution < -0.4 is 17.0 Å². The molecule has 384 valence electrons. The van der Waals surface area contributed by atoms with Crippen molar-refractivity contribution < 1.29 is 68.7 Å². The molecule has 2 fully saturated rings. The fourth-order valence-electron chi connectivity index (χ4n) is 7.79. The number of aromatic nitrogens is 2. The predicted molar refractivity (Wildman–Crippen MR) is 249 cm³/mol. The third kappa shape index (κ3) is 12.1. The van der Waals surface area contributed by atoms with Crippen LogP contribution in [0.1, 0.15) is 61.2 Å².